The van der Waals surface area contributed by atoms with E-state index in [4.69, 9.17) is 5.73 Å². The molecule has 0 aromatic heterocycles. The molecule has 0 heterocycles. The third kappa shape index (κ3) is 2.87. The first-order chi connectivity index (χ1) is 5.06. The normalized spacial score (nSPS) is 14.1. The lowest BCUT2D eigenvalue weighted by Gasteiger charge is -2.29. The second kappa shape index (κ2) is 4.31. The Labute approximate surface area is 68.4 Å². The summed E-state index contributed by atoms with van der Waals surface area (Å²) in [7, 11) is 0. The highest BCUT2D eigenvalue weighted by molar-refractivity contribution is 4.96. The van der Waals surface area contributed by atoms with Crippen LogP contribution in [0.4, 0.5) is 0 Å². The van der Waals surface area contributed by atoms with Crippen molar-refractivity contribution in [2.24, 2.45) is 5.73 Å². The third-order valence-corrected chi connectivity index (χ3v) is 1.84. The molecular formula is C9H17NO. The van der Waals surface area contributed by atoms with Crippen LogP contribution in [-0.2, 0) is 0 Å². The zero-order chi connectivity index (χ0) is 8.91. The topological polar surface area (TPSA) is 46.2 Å². The average Bonchev–Trinajstić information content (AvgIpc) is 1.88. The maximum atomic E-state index is 9.82. The highest BCUT2D eigenvalue weighted by Gasteiger charge is 2.27. The summed E-state index contributed by atoms with van der Waals surface area (Å²) in [5.41, 5.74) is 4.74. The number of aliphatic hydroxyl groups is 1. The molecule has 0 amide bonds. The van der Waals surface area contributed by atoms with E-state index in [1.165, 1.54) is 0 Å². The van der Waals surface area contributed by atoms with E-state index in [9.17, 15) is 5.11 Å². The minimum atomic E-state index is -0.858. The third-order valence-electron chi connectivity index (χ3n) is 1.84. The molecule has 0 aromatic carbocycles. The first-order valence-electron chi connectivity index (χ1n) is 3.76. The fraction of sp³-hybridized carbons (Fsp3) is 0.556. The van der Waals surface area contributed by atoms with Crippen molar-refractivity contribution in [2.75, 3.05) is 0 Å². The van der Waals surface area contributed by atoms with E-state index >= 15 is 0 Å². The summed E-state index contributed by atoms with van der Waals surface area (Å²) in [6, 6.07) is -0.251. The van der Waals surface area contributed by atoms with Crippen molar-refractivity contribution in [3.63, 3.8) is 0 Å². The molecule has 11 heavy (non-hydrogen) atoms. The molecule has 0 radical (unpaired) electrons. The molecule has 0 fully saturated rings. The summed E-state index contributed by atoms with van der Waals surface area (Å²) in [4.78, 5) is 0. The number of rotatable bonds is 5. The maximum absolute atomic E-state index is 9.82. The van der Waals surface area contributed by atoms with E-state index in [1.54, 1.807) is 19.1 Å². The molecule has 0 rings (SSSR count). The van der Waals surface area contributed by atoms with Crippen LogP contribution < -0.4 is 5.73 Å². The van der Waals surface area contributed by atoms with Crippen LogP contribution in [-0.4, -0.2) is 16.7 Å². The van der Waals surface area contributed by atoms with E-state index < -0.39 is 5.60 Å². The molecule has 0 aromatic rings. The molecule has 0 aliphatic carbocycles. The van der Waals surface area contributed by atoms with Crippen LogP contribution in [0, 0.1) is 0 Å². The van der Waals surface area contributed by atoms with E-state index in [0.717, 1.165) is 0 Å². The molecule has 64 valence electrons. The molecule has 0 spiro atoms. The highest BCUT2D eigenvalue weighted by atomic mass is 16.3. The van der Waals surface area contributed by atoms with Gasteiger partial charge in [0.1, 0.15) is 0 Å². The Bertz CT molecular complexity index is 130. The van der Waals surface area contributed by atoms with Crippen molar-refractivity contribution in [3.05, 3.63) is 25.3 Å². The minimum absolute atomic E-state index is 0.251. The van der Waals surface area contributed by atoms with Crippen LogP contribution in [0.15, 0.2) is 25.3 Å². The molecule has 3 N–H and O–H groups in total. The predicted molar refractivity (Wildman–Crippen MR) is 48.2 cm³/mol. The zero-order valence-electron chi connectivity index (χ0n) is 7.09. The summed E-state index contributed by atoms with van der Waals surface area (Å²) in [6.45, 7) is 8.91. The molecule has 0 bridgehead atoms. The molecule has 0 saturated heterocycles. The first kappa shape index (κ1) is 10.4. The lowest BCUT2D eigenvalue weighted by atomic mass is 9.89. The van der Waals surface area contributed by atoms with Gasteiger partial charge in [-0.2, -0.15) is 0 Å². The fourth-order valence-corrected chi connectivity index (χ4v) is 0.955. The SMILES string of the molecule is C=CCC(O)(CC=C)[C@@H](C)N. The molecular weight excluding hydrogens is 138 g/mol. The van der Waals surface area contributed by atoms with Gasteiger partial charge in [0, 0.05) is 6.04 Å². The summed E-state index contributed by atoms with van der Waals surface area (Å²) < 4.78 is 0. The molecule has 0 aliphatic heterocycles. The van der Waals surface area contributed by atoms with Gasteiger partial charge in [-0.1, -0.05) is 12.2 Å². The van der Waals surface area contributed by atoms with Gasteiger partial charge >= 0.3 is 0 Å². The number of nitrogens with two attached hydrogens (primary N) is 1. The molecule has 0 aliphatic rings. The summed E-state index contributed by atoms with van der Waals surface area (Å²) in [5, 5.41) is 9.82. The van der Waals surface area contributed by atoms with Gasteiger partial charge in [-0.05, 0) is 19.8 Å². The monoisotopic (exact) mass is 155 g/mol. The highest BCUT2D eigenvalue weighted by Crippen LogP contribution is 2.19. The van der Waals surface area contributed by atoms with Crippen molar-refractivity contribution in [2.45, 2.75) is 31.4 Å². The van der Waals surface area contributed by atoms with Gasteiger partial charge in [0.15, 0.2) is 0 Å². The van der Waals surface area contributed by atoms with Crippen molar-refractivity contribution in [3.8, 4) is 0 Å². The van der Waals surface area contributed by atoms with Gasteiger partial charge in [-0.15, -0.1) is 13.2 Å². The lowest BCUT2D eigenvalue weighted by molar-refractivity contribution is 0.0253. The van der Waals surface area contributed by atoms with E-state index in [2.05, 4.69) is 13.2 Å². The van der Waals surface area contributed by atoms with Crippen LogP contribution in [0.2, 0.25) is 0 Å². The van der Waals surface area contributed by atoms with Crippen LogP contribution in [0.3, 0.4) is 0 Å². The summed E-state index contributed by atoms with van der Waals surface area (Å²) in [5.74, 6) is 0. The second-order valence-corrected chi connectivity index (χ2v) is 2.88. The largest absolute Gasteiger partial charge is 0.388 e. The summed E-state index contributed by atoms with van der Waals surface area (Å²) in [6.07, 6.45) is 4.37. The van der Waals surface area contributed by atoms with Gasteiger partial charge < -0.3 is 10.8 Å². The Balaban J connectivity index is 4.23. The Morgan fingerprint density at radius 3 is 2.00 bits per heavy atom. The minimum Gasteiger partial charge on any atom is -0.388 e. The number of hydrogen-bond donors (Lipinski definition) is 2. The Morgan fingerprint density at radius 1 is 1.45 bits per heavy atom. The van der Waals surface area contributed by atoms with Gasteiger partial charge in [-0.3, -0.25) is 0 Å². The summed E-state index contributed by atoms with van der Waals surface area (Å²) >= 11 is 0. The quantitative estimate of drug-likeness (QED) is 0.586. The Kier molecular flexibility index (Phi) is 4.08. The van der Waals surface area contributed by atoms with E-state index in [-0.39, 0.29) is 6.04 Å². The predicted octanol–water partition coefficient (Wildman–Crippen LogP) is 1.22. The number of hydrogen-bond acceptors (Lipinski definition) is 2. The molecule has 2 nitrogen and oxygen atoms in total. The fourth-order valence-electron chi connectivity index (χ4n) is 0.955. The lowest BCUT2D eigenvalue weighted by Crippen LogP contribution is -2.45. The van der Waals surface area contributed by atoms with Crippen LogP contribution in [0.5, 0.6) is 0 Å². The van der Waals surface area contributed by atoms with Crippen LogP contribution in [0.1, 0.15) is 19.8 Å². The van der Waals surface area contributed by atoms with Crippen molar-refractivity contribution < 1.29 is 5.11 Å². The van der Waals surface area contributed by atoms with Crippen molar-refractivity contribution in [1.82, 2.24) is 0 Å². The van der Waals surface area contributed by atoms with Crippen LogP contribution >= 0.6 is 0 Å². The Morgan fingerprint density at radius 2 is 1.82 bits per heavy atom. The van der Waals surface area contributed by atoms with Gasteiger partial charge in [0.05, 0.1) is 5.60 Å². The smallest absolute Gasteiger partial charge is 0.0863 e. The zero-order valence-corrected chi connectivity index (χ0v) is 7.09. The average molecular weight is 155 g/mol. The maximum Gasteiger partial charge on any atom is 0.0863 e. The Hall–Kier alpha value is -0.600. The first-order valence-corrected chi connectivity index (χ1v) is 3.76. The molecule has 1 atom stereocenters. The van der Waals surface area contributed by atoms with E-state index in [0.29, 0.717) is 12.8 Å². The molecule has 0 unspecified atom stereocenters. The van der Waals surface area contributed by atoms with Crippen molar-refractivity contribution >= 4 is 0 Å². The van der Waals surface area contributed by atoms with Gasteiger partial charge in [-0.25, -0.2) is 0 Å². The second-order valence-electron chi connectivity index (χ2n) is 2.88. The van der Waals surface area contributed by atoms with Gasteiger partial charge in [0.25, 0.3) is 0 Å². The van der Waals surface area contributed by atoms with Gasteiger partial charge in [0.2, 0.25) is 0 Å². The van der Waals surface area contributed by atoms with E-state index in [1.807, 2.05) is 0 Å². The van der Waals surface area contributed by atoms with Crippen LogP contribution in [0.25, 0.3) is 0 Å². The van der Waals surface area contributed by atoms with Crippen molar-refractivity contribution in [1.29, 1.82) is 0 Å². The molecule has 0 saturated carbocycles. The standard InChI is InChI=1S/C9H17NO/c1-4-6-9(11,7-5-2)8(3)10/h4-5,8,11H,1-2,6-7,10H2,3H3/t8-/m1/s1. The molecule has 2 heteroatoms.